The maximum atomic E-state index is 12.0. The van der Waals surface area contributed by atoms with Crippen molar-refractivity contribution in [2.45, 2.75) is 51.2 Å². The van der Waals surface area contributed by atoms with Gasteiger partial charge in [0.25, 0.3) is 0 Å². The lowest BCUT2D eigenvalue weighted by Gasteiger charge is -2.28. The Kier molecular flexibility index (Phi) is 7.67. The van der Waals surface area contributed by atoms with E-state index in [2.05, 4.69) is 15.3 Å². The van der Waals surface area contributed by atoms with Crippen LogP contribution >= 0.6 is 11.8 Å². The zero-order valence-electron chi connectivity index (χ0n) is 13.3. The molecule has 6 heteroatoms. The van der Waals surface area contributed by atoms with Gasteiger partial charge in [0, 0.05) is 17.6 Å². The van der Waals surface area contributed by atoms with Gasteiger partial charge in [-0.2, -0.15) is 0 Å². The molecule has 1 heterocycles. The molecular formula is C15H25N3O2S. The van der Waals surface area contributed by atoms with Crippen LogP contribution in [-0.2, 0) is 9.53 Å². The van der Waals surface area contributed by atoms with E-state index < -0.39 is 5.54 Å². The largest absolute Gasteiger partial charge is 0.465 e. The lowest BCUT2D eigenvalue weighted by atomic mass is 9.96. The van der Waals surface area contributed by atoms with Gasteiger partial charge in [-0.3, -0.25) is 4.79 Å². The smallest absolute Gasteiger partial charge is 0.326 e. The van der Waals surface area contributed by atoms with Crippen molar-refractivity contribution in [1.29, 1.82) is 0 Å². The molecule has 0 aliphatic rings. The van der Waals surface area contributed by atoms with E-state index in [-0.39, 0.29) is 5.97 Å². The number of hydrogen-bond acceptors (Lipinski definition) is 6. The predicted octanol–water partition coefficient (Wildman–Crippen LogP) is 2.59. The second kappa shape index (κ2) is 9.00. The van der Waals surface area contributed by atoms with Crippen LogP contribution in [-0.4, -0.2) is 40.4 Å². The number of likely N-dealkylation sites (N-methyl/N-ethyl adjacent to an activating group) is 1. The summed E-state index contributed by atoms with van der Waals surface area (Å²) in [6.07, 6.45) is 3.40. The zero-order chi connectivity index (χ0) is 15.7. The van der Waals surface area contributed by atoms with Crippen molar-refractivity contribution in [1.82, 2.24) is 15.3 Å². The third-order valence-corrected chi connectivity index (χ3v) is 4.07. The van der Waals surface area contributed by atoms with E-state index in [0.717, 1.165) is 36.0 Å². The van der Waals surface area contributed by atoms with Gasteiger partial charge in [-0.25, -0.2) is 9.97 Å². The monoisotopic (exact) mass is 311 g/mol. The number of aromatic nitrogens is 2. The van der Waals surface area contributed by atoms with Gasteiger partial charge in [-0.1, -0.05) is 18.7 Å². The molecule has 1 aromatic rings. The molecule has 1 aromatic heterocycles. The van der Waals surface area contributed by atoms with Crippen LogP contribution in [0.3, 0.4) is 0 Å². The highest BCUT2D eigenvalue weighted by Crippen LogP contribution is 2.20. The average molecular weight is 311 g/mol. The SMILES string of the molecule is CCNC(C)(CCCSc1nccc(C)n1)C(=O)OCC. The summed E-state index contributed by atoms with van der Waals surface area (Å²) in [6, 6.07) is 1.88. The minimum Gasteiger partial charge on any atom is -0.465 e. The summed E-state index contributed by atoms with van der Waals surface area (Å²) < 4.78 is 5.16. The minimum absolute atomic E-state index is 0.177. The van der Waals surface area contributed by atoms with Crippen molar-refractivity contribution < 1.29 is 9.53 Å². The number of nitrogens with one attached hydrogen (secondary N) is 1. The molecular weight excluding hydrogens is 286 g/mol. The van der Waals surface area contributed by atoms with Crippen LogP contribution in [0.15, 0.2) is 17.4 Å². The molecule has 1 atom stereocenters. The number of carbonyl (C=O) groups excluding carboxylic acids is 1. The fraction of sp³-hybridized carbons (Fsp3) is 0.667. The van der Waals surface area contributed by atoms with E-state index in [1.165, 1.54) is 0 Å². The van der Waals surface area contributed by atoms with Crippen LogP contribution in [0.4, 0.5) is 0 Å². The number of esters is 1. The summed E-state index contributed by atoms with van der Waals surface area (Å²) in [6.45, 7) is 8.83. The van der Waals surface area contributed by atoms with E-state index in [0.29, 0.717) is 6.61 Å². The van der Waals surface area contributed by atoms with Gasteiger partial charge in [0.1, 0.15) is 5.54 Å². The molecule has 0 aromatic carbocycles. The van der Waals surface area contributed by atoms with Gasteiger partial charge in [-0.05, 0) is 46.2 Å². The first kappa shape index (κ1) is 17.9. The summed E-state index contributed by atoms with van der Waals surface area (Å²) in [5.74, 6) is 0.702. The second-order valence-corrected chi connectivity index (χ2v) is 6.08. The average Bonchev–Trinajstić information content (AvgIpc) is 2.44. The quantitative estimate of drug-likeness (QED) is 0.327. The molecule has 21 heavy (non-hydrogen) atoms. The van der Waals surface area contributed by atoms with Crippen molar-refractivity contribution in [3.63, 3.8) is 0 Å². The minimum atomic E-state index is -0.612. The summed E-state index contributed by atoms with van der Waals surface area (Å²) in [4.78, 5) is 20.6. The Hall–Kier alpha value is -1.14. The Morgan fingerprint density at radius 1 is 1.48 bits per heavy atom. The molecule has 0 radical (unpaired) electrons. The Morgan fingerprint density at radius 3 is 2.86 bits per heavy atom. The van der Waals surface area contributed by atoms with E-state index in [1.54, 1.807) is 18.0 Å². The van der Waals surface area contributed by atoms with Gasteiger partial charge >= 0.3 is 5.97 Å². The predicted molar refractivity (Wildman–Crippen MR) is 85.4 cm³/mol. The lowest BCUT2D eigenvalue weighted by Crippen LogP contribution is -2.50. The van der Waals surface area contributed by atoms with Crippen LogP contribution in [0, 0.1) is 6.92 Å². The Labute approximate surface area is 131 Å². The molecule has 118 valence electrons. The molecule has 0 fully saturated rings. The van der Waals surface area contributed by atoms with Crippen molar-refractivity contribution in [3.05, 3.63) is 18.0 Å². The van der Waals surface area contributed by atoms with Crippen LogP contribution < -0.4 is 5.32 Å². The first-order chi connectivity index (χ1) is 10.0. The molecule has 0 spiro atoms. The first-order valence-corrected chi connectivity index (χ1v) is 8.35. The second-order valence-electron chi connectivity index (χ2n) is 5.02. The molecule has 1 N–H and O–H groups in total. The van der Waals surface area contributed by atoms with Crippen molar-refractivity contribution in [2.75, 3.05) is 18.9 Å². The van der Waals surface area contributed by atoms with E-state index in [9.17, 15) is 4.79 Å². The number of nitrogens with zero attached hydrogens (tertiary/aromatic N) is 2. The Bertz CT molecular complexity index is 456. The molecule has 0 aliphatic carbocycles. The molecule has 0 bridgehead atoms. The van der Waals surface area contributed by atoms with Crippen molar-refractivity contribution in [2.24, 2.45) is 0 Å². The molecule has 0 saturated heterocycles. The maximum Gasteiger partial charge on any atom is 0.326 e. The number of hydrogen-bond donors (Lipinski definition) is 1. The highest BCUT2D eigenvalue weighted by molar-refractivity contribution is 7.99. The molecule has 1 unspecified atom stereocenters. The van der Waals surface area contributed by atoms with Crippen LogP contribution in [0.25, 0.3) is 0 Å². The topological polar surface area (TPSA) is 64.1 Å². The van der Waals surface area contributed by atoms with Gasteiger partial charge < -0.3 is 10.1 Å². The lowest BCUT2D eigenvalue weighted by molar-refractivity contribution is -0.150. The number of thioether (sulfide) groups is 1. The fourth-order valence-electron chi connectivity index (χ4n) is 2.03. The molecule has 5 nitrogen and oxygen atoms in total. The van der Waals surface area contributed by atoms with Crippen molar-refractivity contribution in [3.8, 4) is 0 Å². The molecule has 0 saturated carbocycles. The third kappa shape index (κ3) is 6.01. The fourth-order valence-corrected chi connectivity index (χ4v) is 2.84. The summed E-state index contributed by atoms with van der Waals surface area (Å²) in [7, 11) is 0. The van der Waals surface area contributed by atoms with Crippen LogP contribution in [0.5, 0.6) is 0 Å². The Balaban J connectivity index is 2.45. The van der Waals surface area contributed by atoms with E-state index >= 15 is 0 Å². The summed E-state index contributed by atoms with van der Waals surface area (Å²) >= 11 is 1.62. The maximum absolute atomic E-state index is 12.0. The highest BCUT2D eigenvalue weighted by Gasteiger charge is 2.33. The van der Waals surface area contributed by atoms with E-state index in [1.807, 2.05) is 33.8 Å². The van der Waals surface area contributed by atoms with Gasteiger partial charge in [0.15, 0.2) is 5.16 Å². The summed E-state index contributed by atoms with van der Waals surface area (Å²) in [5, 5.41) is 4.02. The van der Waals surface area contributed by atoms with Crippen LogP contribution in [0.2, 0.25) is 0 Å². The number of carbonyl (C=O) groups is 1. The number of ether oxygens (including phenoxy) is 1. The number of aryl methyl sites for hydroxylation is 1. The standard InChI is InChI=1S/C15H25N3O2S/c1-5-17-15(4,13(19)20-6-2)9-7-11-21-14-16-10-8-12(3)18-14/h8,10,17H,5-7,9,11H2,1-4H3. The molecule has 0 amide bonds. The molecule has 1 rings (SSSR count). The first-order valence-electron chi connectivity index (χ1n) is 7.36. The normalized spacial score (nSPS) is 13.7. The number of rotatable bonds is 9. The summed E-state index contributed by atoms with van der Waals surface area (Å²) in [5.41, 5.74) is 0.357. The van der Waals surface area contributed by atoms with Crippen LogP contribution in [0.1, 0.15) is 39.3 Å². The van der Waals surface area contributed by atoms with Gasteiger partial charge in [-0.15, -0.1) is 0 Å². The van der Waals surface area contributed by atoms with Gasteiger partial charge in [0.05, 0.1) is 6.61 Å². The zero-order valence-corrected chi connectivity index (χ0v) is 14.1. The van der Waals surface area contributed by atoms with Crippen molar-refractivity contribution >= 4 is 17.7 Å². The highest BCUT2D eigenvalue weighted by atomic mass is 32.2. The Morgan fingerprint density at radius 2 is 2.24 bits per heavy atom. The van der Waals surface area contributed by atoms with E-state index in [4.69, 9.17) is 4.74 Å². The third-order valence-electron chi connectivity index (χ3n) is 3.12. The molecule has 0 aliphatic heterocycles. The van der Waals surface area contributed by atoms with Gasteiger partial charge in [0.2, 0.25) is 0 Å².